The third-order valence-corrected chi connectivity index (χ3v) is 4.48. The van der Waals surface area contributed by atoms with E-state index >= 15 is 0 Å². The van der Waals surface area contributed by atoms with Crippen LogP contribution in [0.15, 0.2) is 54.6 Å². The molecule has 0 aromatic heterocycles. The second kappa shape index (κ2) is 7.78. The standard InChI is InChI=1S/C20H23NO.ClH/c1-3-21(4-2)14-20(22)19-13-15-9-5-6-10-16(15)17-11-7-8-12-18(17)19;/h5-13,20,22H,3-4,14H2,1-2H3;1H. The molecule has 0 heterocycles. The summed E-state index contributed by atoms with van der Waals surface area (Å²) in [4.78, 5) is 2.26. The maximum Gasteiger partial charge on any atom is 0.0923 e. The van der Waals surface area contributed by atoms with Crippen LogP contribution in [-0.4, -0.2) is 29.6 Å². The molecule has 0 saturated carbocycles. The van der Waals surface area contributed by atoms with Crippen molar-refractivity contribution in [2.45, 2.75) is 20.0 Å². The lowest BCUT2D eigenvalue weighted by Gasteiger charge is -2.23. The topological polar surface area (TPSA) is 23.5 Å². The lowest BCUT2D eigenvalue weighted by Crippen LogP contribution is -2.28. The Kier molecular flexibility index (Phi) is 6.00. The molecule has 0 aliphatic rings. The molecule has 3 heteroatoms. The van der Waals surface area contributed by atoms with Gasteiger partial charge >= 0.3 is 0 Å². The van der Waals surface area contributed by atoms with Crippen LogP contribution in [-0.2, 0) is 0 Å². The minimum atomic E-state index is -0.464. The van der Waals surface area contributed by atoms with Crippen molar-refractivity contribution >= 4 is 34.0 Å². The van der Waals surface area contributed by atoms with Gasteiger partial charge in [0.1, 0.15) is 0 Å². The number of hydrogen-bond donors (Lipinski definition) is 1. The number of likely N-dealkylation sites (N-methyl/N-ethyl adjacent to an activating group) is 1. The summed E-state index contributed by atoms with van der Waals surface area (Å²) in [6.07, 6.45) is -0.464. The molecule has 0 aliphatic heterocycles. The molecule has 0 bridgehead atoms. The molecule has 1 unspecified atom stereocenters. The number of nitrogens with zero attached hydrogens (tertiary/aromatic N) is 1. The van der Waals surface area contributed by atoms with Gasteiger partial charge in [0, 0.05) is 6.54 Å². The van der Waals surface area contributed by atoms with E-state index < -0.39 is 6.10 Å². The SMILES string of the molecule is CCN(CC)CC(O)c1cc2ccccc2c2ccccc12.Cl. The number of rotatable bonds is 5. The predicted octanol–water partition coefficient (Wildman–Crippen LogP) is 4.79. The van der Waals surface area contributed by atoms with Crippen LogP contribution in [0.4, 0.5) is 0 Å². The Labute approximate surface area is 144 Å². The van der Waals surface area contributed by atoms with Crippen LogP contribution in [0, 0.1) is 0 Å². The van der Waals surface area contributed by atoms with Crippen LogP contribution in [0.3, 0.4) is 0 Å². The third-order valence-electron chi connectivity index (χ3n) is 4.48. The monoisotopic (exact) mass is 329 g/mol. The highest BCUT2D eigenvalue weighted by Crippen LogP contribution is 2.32. The number of hydrogen-bond acceptors (Lipinski definition) is 2. The fourth-order valence-corrected chi connectivity index (χ4v) is 3.18. The highest BCUT2D eigenvalue weighted by Gasteiger charge is 2.15. The Morgan fingerprint density at radius 2 is 1.43 bits per heavy atom. The Hall–Kier alpha value is -1.61. The van der Waals surface area contributed by atoms with Crippen LogP contribution >= 0.6 is 12.4 Å². The minimum absolute atomic E-state index is 0. The molecule has 1 N–H and O–H groups in total. The molecule has 0 radical (unpaired) electrons. The molecule has 2 nitrogen and oxygen atoms in total. The Balaban J connectivity index is 0.00000192. The van der Waals surface area contributed by atoms with Gasteiger partial charge in [0.05, 0.1) is 6.10 Å². The summed E-state index contributed by atoms with van der Waals surface area (Å²) in [5.74, 6) is 0. The number of aliphatic hydroxyl groups is 1. The van der Waals surface area contributed by atoms with Gasteiger partial charge in [0.25, 0.3) is 0 Å². The second-order valence-corrected chi connectivity index (χ2v) is 5.73. The molecule has 3 rings (SSSR count). The Morgan fingerprint density at radius 1 is 0.870 bits per heavy atom. The van der Waals surface area contributed by atoms with Crippen molar-refractivity contribution in [3.8, 4) is 0 Å². The van der Waals surface area contributed by atoms with Crippen molar-refractivity contribution in [3.63, 3.8) is 0 Å². The first-order valence-electron chi connectivity index (χ1n) is 8.05. The summed E-state index contributed by atoms with van der Waals surface area (Å²) >= 11 is 0. The normalized spacial score (nSPS) is 12.5. The van der Waals surface area contributed by atoms with E-state index in [1.807, 2.05) is 6.07 Å². The van der Waals surface area contributed by atoms with E-state index in [4.69, 9.17) is 0 Å². The largest absolute Gasteiger partial charge is 0.387 e. The molecular weight excluding hydrogens is 306 g/mol. The first-order chi connectivity index (χ1) is 10.7. The van der Waals surface area contributed by atoms with Crippen LogP contribution in [0.25, 0.3) is 21.5 Å². The lowest BCUT2D eigenvalue weighted by atomic mass is 9.94. The molecule has 0 fully saturated rings. The third kappa shape index (κ3) is 3.50. The Morgan fingerprint density at radius 3 is 2.09 bits per heavy atom. The van der Waals surface area contributed by atoms with E-state index in [0.717, 1.165) is 24.0 Å². The Bertz CT molecular complexity index is 783. The summed E-state index contributed by atoms with van der Waals surface area (Å²) in [5, 5.41) is 15.6. The van der Waals surface area contributed by atoms with Crippen molar-refractivity contribution in [1.29, 1.82) is 0 Å². The number of fused-ring (bicyclic) bond motifs is 3. The first-order valence-corrected chi connectivity index (χ1v) is 8.05. The number of aliphatic hydroxyl groups excluding tert-OH is 1. The van der Waals surface area contributed by atoms with E-state index in [0.29, 0.717) is 6.54 Å². The maximum atomic E-state index is 10.8. The average Bonchev–Trinajstić information content (AvgIpc) is 2.58. The van der Waals surface area contributed by atoms with Gasteiger partial charge in [0.15, 0.2) is 0 Å². The van der Waals surface area contributed by atoms with E-state index in [-0.39, 0.29) is 12.4 Å². The van der Waals surface area contributed by atoms with Crippen molar-refractivity contribution in [2.75, 3.05) is 19.6 Å². The van der Waals surface area contributed by atoms with E-state index in [1.54, 1.807) is 0 Å². The zero-order valence-corrected chi connectivity index (χ0v) is 14.5. The molecule has 3 aromatic carbocycles. The molecule has 0 spiro atoms. The van der Waals surface area contributed by atoms with Gasteiger partial charge in [-0.2, -0.15) is 0 Å². The highest BCUT2D eigenvalue weighted by atomic mass is 35.5. The van der Waals surface area contributed by atoms with Gasteiger partial charge < -0.3 is 10.0 Å². The smallest absolute Gasteiger partial charge is 0.0923 e. The molecule has 0 amide bonds. The molecule has 122 valence electrons. The van der Waals surface area contributed by atoms with Crippen molar-refractivity contribution in [2.24, 2.45) is 0 Å². The first kappa shape index (κ1) is 17.7. The average molecular weight is 330 g/mol. The summed E-state index contributed by atoms with van der Waals surface area (Å²) < 4.78 is 0. The van der Waals surface area contributed by atoms with E-state index in [1.165, 1.54) is 16.2 Å². The predicted molar refractivity (Wildman–Crippen MR) is 101 cm³/mol. The maximum absolute atomic E-state index is 10.8. The van der Waals surface area contributed by atoms with Gasteiger partial charge in [0.2, 0.25) is 0 Å². The van der Waals surface area contributed by atoms with Gasteiger partial charge in [-0.15, -0.1) is 12.4 Å². The minimum Gasteiger partial charge on any atom is -0.387 e. The fourth-order valence-electron chi connectivity index (χ4n) is 3.18. The summed E-state index contributed by atoms with van der Waals surface area (Å²) in [5.41, 5.74) is 1.03. The van der Waals surface area contributed by atoms with Crippen molar-refractivity contribution in [1.82, 2.24) is 4.90 Å². The summed E-state index contributed by atoms with van der Waals surface area (Å²) in [7, 11) is 0. The molecule has 0 saturated heterocycles. The quantitative estimate of drug-likeness (QED) is 0.680. The molecule has 3 aromatic rings. The fraction of sp³-hybridized carbons (Fsp3) is 0.300. The highest BCUT2D eigenvalue weighted by molar-refractivity contribution is 6.09. The van der Waals surface area contributed by atoms with Gasteiger partial charge in [-0.05, 0) is 46.3 Å². The molecule has 1 atom stereocenters. The second-order valence-electron chi connectivity index (χ2n) is 5.73. The zero-order chi connectivity index (χ0) is 15.5. The molecule has 23 heavy (non-hydrogen) atoms. The molecular formula is C20H24ClNO. The van der Waals surface area contributed by atoms with Crippen LogP contribution in [0.5, 0.6) is 0 Å². The van der Waals surface area contributed by atoms with Crippen LogP contribution in [0.2, 0.25) is 0 Å². The summed E-state index contributed by atoms with van der Waals surface area (Å²) in [6.45, 7) is 6.86. The zero-order valence-electron chi connectivity index (χ0n) is 13.7. The van der Waals surface area contributed by atoms with E-state index in [2.05, 4.69) is 67.3 Å². The van der Waals surface area contributed by atoms with Crippen molar-refractivity contribution in [3.05, 3.63) is 60.2 Å². The van der Waals surface area contributed by atoms with Gasteiger partial charge in [-0.1, -0.05) is 62.4 Å². The number of halogens is 1. The number of benzene rings is 3. The van der Waals surface area contributed by atoms with Crippen LogP contribution in [0.1, 0.15) is 25.5 Å². The lowest BCUT2D eigenvalue weighted by molar-refractivity contribution is 0.120. The van der Waals surface area contributed by atoms with Crippen molar-refractivity contribution < 1.29 is 5.11 Å². The summed E-state index contributed by atoms with van der Waals surface area (Å²) in [6, 6.07) is 18.9. The molecule has 0 aliphatic carbocycles. The van der Waals surface area contributed by atoms with Gasteiger partial charge in [-0.3, -0.25) is 0 Å². The van der Waals surface area contributed by atoms with Gasteiger partial charge in [-0.25, -0.2) is 0 Å². The van der Waals surface area contributed by atoms with E-state index in [9.17, 15) is 5.11 Å². The van der Waals surface area contributed by atoms with Crippen LogP contribution < -0.4 is 0 Å².